The topological polar surface area (TPSA) is 38.3 Å². The van der Waals surface area contributed by atoms with Gasteiger partial charge in [-0.05, 0) is 12.5 Å². The summed E-state index contributed by atoms with van der Waals surface area (Å²) in [6.45, 7) is 2.50. The molecule has 0 saturated carbocycles. The molecule has 0 radical (unpaired) electrons. The lowest BCUT2D eigenvalue weighted by Crippen LogP contribution is -2.44. The normalized spacial score (nSPS) is 27.1. The van der Waals surface area contributed by atoms with Crippen molar-refractivity contribution >= 4 is 5.97 Å². The highest BCUT2D eigenvalue weighted by Gasteiger charge is 2.26. The van der Waals surface area contributed by atoms with E-state index < -0.39 is 0 Å². The summed E-state index contributed by atoms with van der Waals surface area (Å²) in [6, 6.07) is 9.59. The molecule has 1 saturated heterocycles. The minimum absolute atomic E-state index is 0.139. The van der Waals surface area contributed by atoms with E-state index in [1.54, 1.807) is 0 Å². The van der Waals surface area contributed by atoms with Gasteiger partial charge in [0.1, 0.15) is 12.1 Å². The Hall–Kier alpha value is -1.35. The van der Waals surface area contributed by atoms with Gasteiger partial charge in [-0.3, -0.25) is 4.79 Å². The second kappa shape index (κ2) is 3.80. The molecule has 1 heterocycles. The highest BCUT2D eigenvalue weighted by molar-refractivity contribution is 5.76. The van der Waals surface area contributed by atoms with E-state index in [0.717, 1.165) is 5.56 Å². The minimum atomic E-state index is -0.185. The van der Waals surface area contributed by atoms with Crippen LogP contribution in [0.5, 0.6) is 0 Å². The molecule has 1 aromatic rings. The van der Waals surface area contributed by atoms with Gasteiger partial charge >= 0.3 is 5.97 Å². The fourth-order valence-corrected chi connectivity index (χ4v) is 1.50. The van der Waals surface area contributed by atoms with E-state index in [1.165, 1.54) is 0 Å². The molecule has 0 aromatic heterocycles. The van der Waals surface area contributed by atoms with E-state index in [9.17, 15) is 4.79 Å². The van der Waals surface area contributed by atoms with Crippen molar-refractivity contribution < 1.29 is 9.53 Å². The van der Waals surface area contributed by atoms with Gasteiger partial charge in [0.25, 0.3) is 0 Å². The van der Waals surface area contributed by atoms with Crippen LogP contribution >= 0.6 is 0 Å². The van der Waals surface area contributed by atoms with E-state index in [0.29, 0.717) is 6.54 Å². The molecule has 2 rings (SSSR count). The Labute approximate surface area is 83.1 Å². The number of cyclic esters (lactones) is 1. The third kappa shape index (κ3) is 1.77. The number of nitrogens with one attached hydrogen (secondary N) is 1. The summed E-state index contributed by atoms with van der Waals surface area (Å²) < 4.78 is 5.28. The second-order valence-electron chi connectivity index (χ2n) is 3.47. The van der Waals surface area contributed by atoms with Crippen LogP contribution in [0.15, 0.2) is 30.3 Å². The van der Waals surface area contributed by atoms with Gasteiger partial charge in [0.05, 0.1) is 0 Å². The number of rotatable bonds is 1. The van der Waals surface area contributed by atoms with Crippen LogP contribution in [0, 0.1) is 0 Å². The summed E-state index contributed by atoms with van der Waals surface area (Å²) in [4.78, 5) is 11.3. The third-order valence-electron chi connectivity index (χ3n) is 2.39. The zero-order valence-electron chi connectivity index (χ0n) is 8.07. The Morgan fingerprint density at radius 2 is 2.07 bits per heavy atom. The summed E-state index contributed by atoms with van der Waals surface area (Å²) in [5, 5.41) is 3.11. The average molecular weight is 191 g/mol. The number of morpholine rings is 1. The molecule has 0 aliphatic carbocycles. The van der Waals surface area contributed by atoms with Gasteiger partial charge in [-0.2, -0.15) is 0 Å². The first-order chi connectivity index (χ1) is 6.77. The first-order valence-corrected chi connectivity index (χ1v) is 4.76. The number of carbonyl (C=O) groups is 1. The quantitative estimate of drug-likeness (QED) is 0.679. The maximum absolute atomic E-state index is 11.3. The molecule has 0 amide bonds. The molecule has 0 spiro atoms. The van der Waals surface area contributed by atoms with Gasteiger partial charge in [-0.1, -0.05) is 30.3 Å². The van der Waals surface area contributed by atoms with Crippen molar-refractivity contribution in [2.24, 2.45) is 0 Å². The van der Waals surface area contributed by atoms with Gasteiger partial charge in [0.15, 0.2) is 0 Å². The lowest BCUT2D eigenvalue weighted by Gasteiger charge is -2.27. The Kier molecular flexibility index (Phi) is 2.50. The van der Waals surface area contributed by atoms with E-state index in [4.69, 9.17) is 4.74 Å². The zero-order chi connectivity index (χ0) is 9.97. The largest absolute Gasteiger partial charge is 0.455 e. The first kappa shape index (κ1) is 9.21. The van der Waals surface area contributed by atoms with Crippen molar-refractivity contribution in [1.82, 2.24) is 5.32 Å². The smallest absolute Gasteiger partial charge is 0.323 e. The van der Waals surface area contributed by atoms with Crippen LogP contribution in [0.3, 0.4) is 0 Å². The molecule has 1 N–H and O–H groups in total. The SMILES string of the molecule is CC1NCC(c2ccccc2)OC1=O. The van der Waals surface area contributed by atoms with Crippen molar-refractivity contribution in [3.63, 3.8) is 0 Å². The molecule has 1 aliphatic rings. The fraction of sp³-hybridized carbons (Fsp3) is 0.364. The van der Waals surface area contributed by atoms with Gasteiger partial charge in [0.2, 0.25) is 0 Å². The predicted molar refractivity (Wildman–Crippen MR) is 52.7 cm³/mol. The Balaban J connectivity index is 2.11. The monoisotopic (exact) mass is 191 g/mol. The number of ether oxygens (including phenoxy) is 1. The Morgan fingerprint density at radius 1 is 1.36 bits per heavy atom. The van der Waals surface area contributed by atoms with Crippen molar-refractivity contribution in [3.8, 4) is 0 Å². The second-order valence-corrected chi connectivity index (χ2v) is 3.47. The number of esters is 1. The molecule has 2 unspecified atom stereocenters. The summed E-state index contributed by atoms with van der Waals surface area (Å²) in [5.74, 6) is -0.176. The van der Waals surface area contributed by atoms with Crippen molar-refractivity contribution in [1.29, 1.82) is 0 Å². The molecule has 14 heavy (non-hydrogen) atoms. The third-order valence-corrected chi connectivity index (χ3v) is 2.39. The molecular formula is C11H13NO2. The van der Waals surface area contributed by atoms with E-state index in [2.05, 4.69) is 5.32 Å². The van der Waals surface area contributed by atoms with Gasteiger partial charge in [0, 0.05) is 6.54 Å². The predicted octanol–water partition coefficient (Wildman–Crippen LogP) is 1.26. The van der Waals surface area contributed by atoms with Crippen LogP contribution in [0.25, 0.3) is 0 Å². The number of hydrogen-bond acceptors (Lipinski definition) is 3. The van der Waals surface area contributed by atoms with E-state index in [1.807, 2.05) is 37.3 Å². The van der Waals surface area contributed by atoms with Gasteiger partial charge in [-0.15, -0.1) is 0 Å². The highest BCUT2D eigenvalue weighted by atomic mass is 16.5. The molecule has 0 bridgehead atoms. The maximum Gasteiger partial charge on any atom is 0.323 e. The molecule has 74 valence electrons. The maximum atomic E-state index is 11.3. The lowest BCUT2D eigenvalue weighted by molar-refractivity contribution is -0.156. The molecule has 1 aliphatic heterocycles. The molecule has 1 fully saturated rings. The van der Waals surface area contributed by atoms with Crippen molar-refractivity contribution in [3.05, 3.63) is 35.9 Å². The summed E-state index contributed by atoms with van der Waals surface area (Å²) in [5.41, 5.74) is 1.04. The minimum Gasteiger partial charge on any atom is -0.455 e. The molecular weight excluding hydrogens is 178 g/mol. The van der Waals surface area contributed by atoms with Crippen molar-refractivity contribution in [2.45, 2.75) is 19.1 Å². The Bertz CT molecular complexity index is 323. The van der Waals surface area contributed by atoms with Crippen LogP contribution in [-0.2, 0) is 9.53 Å². The van der Waals surface area contributed by atoms with Gasteiger partial charge < -0.3 is 10.1 Å². The summed E-state index contributed by atoms with van der Waals surface area (Å²) in [6.07, 6.45) is -0.139. The van der Waals surface area contributed by atoms with E-state index >= 15 is 0 Å². The molecule has 1 aromatic carbocycles. The van der Waals surface area contributed by atoms with E-state index in [-0.39, 0.29) is 18.1 Å². The van der Waals surface area contributed by atoms with Crippen LogP contribution in [0.4, 0.5) is 0 Å². The number of benzene rings is 1. The lowest BCUT2D eigenvalue weighted by atomic mass is 10.1. The van der Waals surface area contributed by atoms with Gasteiger partial charge in [-0.25, -0.2) is 0 Å². The Morgan fingerprint density at radius 3 is 2.71 bits per heavy atom. The standard InChI is InChI=1S/C11H13NO2/c1-8-11(13)14-10(7-12-8)9-5-3-2-4-6-9/h2-6,8,10,12H,7H2,1H3. The van der Waals surface area contributed by atoms with Crippen LogP contribution in [0.1, 0.15) is 18.6 Å². The van der Waals surface area contributed by atoms with Crippen molar-refractivity contribution in [2.75, 3.05) is 6.54 Å². The first-order valence-electron chi connectivity index (χ1n) is 4.76. The number of carbonyl (C=O) groups excluding carboxylic acids is 1. The van der Waals surface area contributed by atoms with Crippen LogP contribution in [-0.4, -0.2) is 18.6 Å². The average Bonchev–Trinajstić information content (AvgIpc) is 2.23. The summed E-state index contributed by atoms with van der Waals surface area (Å²) in [7, 11) is 0. The summed E-state index contributed by atoms with van der Waals surface area (Å²) >= 11 is 0. The zero-order valence-corrected chi connectivity index (χ0v) is 8.07. The number of hydrogen-bond donors (Lipinski definition) is 1. The molecule has 3 nitrogen and oxygen atoms in total. The van der Waals surface area contributed by atoms with Crippen LogP contribution < -0.4 is 5.32 Å². The highest BCUT2D eigenvalue weighted by Crippen LogP contribution is 2.19. The molecule has 2 atom stereocenters. The van der Waals surface area contributed by atoms with Crippen LogP contribution in [0.2, 0.25) is 0 Å². The fourth-order valence-electron chi connectivity index (χ4n) is 1.50. The molecule has 3 heteroatoms.